The smallest absolute Gasteiger partial charge is 0.358 e. The summed E-state index contributed by atoms with van der Waals surface area (Å²) < 4.78 is 5.03. The molecular weight excluding hydrogens is 274 g/mol. The lowest BCUT2D eigenvalue weighted by Gasteiger charge is -2.20. The SMILES string of the molecule is CCOC(=O)c1nc(N(CC)CCCN(C)C)sc1C. The van der Waals surface area contributed by atoms with Gasteiger partial charge in [0.2, 0.25) is 0 Å². The minimum atomic E-state index is -0.322. The van der Waals surface area contributed by atoms with E-state index in [1.165, 1.54) is 0 Å². The maximum Gasteiger partial charge on any atom is 0.358 e. The maximum absolute atomic E-state index is 11.8. The number of anilines is 1. The predicted molar refractivity (Wildman–Crippen MR) is 83.9 cm³/mol. The van der Waals surface area contributed by atoms with E-state index in [9.17, 15) is 4.79 Å². The third-order valence-electron chi connectivity index (χ3n) is 2.94. The highest BCUT2D eigenvalue weighted by Crippen LogP contribution is 2.26. The van der Waals surface area contributed by atoms with Crippen LogP contribution in [0.15, 0.2) is 0 Å². The fourth-order valence-corrected chi connectivity index (χ4v) is 2.86. The molecule has 0 saturated heterocycles. The van der Waals surface area contributed by atoms with Gasteiger partial charge in [0.15, 0.2) is 10.8 Å². The second-order valence-electron chi connectivity index (χ2n) is 4.86. The second kappa shape index (κ2) is 8.21. The molecule has 1 rings (SSSR count). The van der Waals surface area contributed by atoms with Crippen molar-refractivity contribution in [3.8, 4) is 0 Å². The van der Waals surface area contributed by atoms with E-state index in [1.807, 2.05) is 6.92 Å². The lowest BCUT2D eigenvalue weighted by Crippen LogP contribution is -2.27. The van der Waals surface area contributed by atoms with Gasteiger partial charge in [0.25, 0.3) is 0 Å². The summed E-state index contributed by atoms with van der Waals surface area (Å²) in [6.07, 6.45) is 1.08. The largest absolute Gasteiger partial charge is 0.461 e. The summed E-state index contributed by atoms with van der Waals surface area (Å²) in [5.74, 6) is -0.322. The molecule has 0 fully saturated rings. The Hall–Kier alpha value is -1.14. The van der Waals surface area contributed by atoms with Gasteiger partial charge in [-0.15, -0.1) is 11.3 Å². The van der Waals surface area contributed by atoms with Gasteiger partial charge in [-0.05, 0) is 47.8 Å². The van der Waals surface area contributed by atoms with Crippen molar-refractivity contribution >= 4 is 22.4 Å². The van der Waals surface area contributed by atoms with Crippen LogP contribution in [0.25, 0.3) is 0 Å². The van der Waals surface area contributed by atoms with Gasteiger partial charge in [-0.2, -0.15) is 0 Å². The summed E-state index contributed by atoms with van der Waals surface area (Å²) in [7, 11) is 4.14. The Morgan fingerprint density at radius 1 is 1.30 bits per heavy atom. The highest BCUT2D eigenvalue weighted by atomic mass is 32.1. The molecule has 20 heavy (non-hydrogen) atoms. The molecule has 114 valence electrons. The highest BCUT2D eigenvalue weighted by Gasteiger charge is 2.19. The lowest BCUT2D eigenvalue weighted by molar-refractivity contribution is 0.0519. The van der Waals surface area contributed by atoms with E-state index >= 15 is 0 Å². The minimum Gasteiger partial charge on any atom is -0.461 e. The van der Waals surface area contributed by atoms with Gasteiger partial charge in [0.05, 0.1) is 6.61 Å². The van der Waals surface area contributed by atoms with Gasteiger partial charge >= 0.3 is 5.97 Å². The molecule has 0 N–H and O–H groups in total. The first-order valence-electron chi connectivity index (χ1n) is 7.03. The number of rotatable bonds is 8. The molecule has 1 heterocycles. The number of esters is 1. The van der Waals surface area contributed by atoms with Crippen LogP contribution < -0.4 is 4.90 Å². The lowest BCUT2D eigenvalue weighted by atomic mass is 10.3. The molecule has 0 spiro atoms. The number of aromatic nitrogens is 1. The number of hydrogen-bond donors (Lipinski definition) is 0. The van der Waals surface area contributed by atoms with E-state index < -0.39 is 0 Å². The van der Waals surface area contributed by atoms with Crippen molar-refractivity contribution in [2.45, 2.75) is 27.2 Å². The molecule has 0 aromatic carbocycles. The molecule has 6 heteroatoms. The molecule has 1 aromatic rings. The maximum atomic E-state index is 11.8. The number of ether oxygens (including phenoxy) is 1. The summed E-state index contributed by atoms with van der Waals surface area (Å²) in [5, 5.41) is 0.909. The van der Waals surface area contributed by atoms with Crippen LogP contribution in [0, 0.1) is 6.92 Å². The van der Waals surface area contributed by atoms with Crippen LogP contribution in [0.4, 0.5) is 5.13 Å². The molecule has 0 saturated carbocycles. The topological polar surface area (TPSA) is 45.7 Å². The summed E-state index contributed by atoms with van der Waals surface area (Å²) >= 11 is 1.56. The molecule has 0 unspecified atom stereocenters. The molecule has 1 aromatic heterocycles. The predicted octanol–water partition coefficient (Wildman–Crippen LogP) is 2.41. The van der Waals surface area contributed by atoms with E-state index in [-0.39, 0.29) is 5.97 Å². The molecule has 5 nitrogen and oxygen atoms in total. The van der Waals surface area contributed by atoms with E-state index in [4.69, 9.17) is 4.74 Å². The standard InChI is InChI=1S/C14H25N3O2S/c1-6-17(10-8-9-16(4)5)14-15-12(11(3)20-14)13(18)19-7-2/h6-10H2,1-5H3. The quantitative estimate of drug-likeness (QED) is 0.690. The zero-order valence-corrected chi connectivity index (χ0v) is 13.9. The number of carbonyl (C=O) groups is 1. The molecule has 0 aliphatic heterocycles. The Kier molecular flexibility index (Phi) is 6.95. The van der Waals surface area contributed by atoms with Gasteiger partial charge < -0.3 is 14.5 Å². The van der Waals surface area contributed by atoms with Crippen molar-refractivity contribution in [1.82, 2.24) is 9.88 Å². The summed E-state index contributed by atoms with van der Waals surface area (Å²) in [4.78, 5) is 21.5. The molecule has 0 atom stereocenters. The zero-order chi connectivity index (χ0) is 15.1. The van der Waals surface area contributed by atoms with Crippen molar-refractivity contribution in [2.75, 3.05) is 45.2 Å². The van der Waals surface area contributed by atoms with Gasteiger partial charge in [-0.3, -0.25) is 0 Å². The van der Waals surface area contributed by atoms with Crippen LogP contribution in [0.2, 0.25) is 0 Å². The van der Waals surface area contributed by atoms with E-state index in [0.717, 1.165) is 36.1 Å². The van der Waals surface area contributed by atoms with Crippen molar-refractivity contribution < 1.29 is 9.53 Å². The monoisotopic (exact) mass is 299 g/mol. The number of aryl methyl sites for hydroxylation is 1. The van der Waals surface area contributed by atoms with Crippen LogP contribution in [0.5, 0.6) is 0 Å². The van der Waals surface area contributed by atoms with Crippen LogP contribution in [0.3, 0.4) is 0 Å². The fourth-order valence-electron chi connectivity index (χ4n) is 1.87. The highest BCUT2D eigenvalue weighted by molar-refractivity contribution is 7.15. The van der Waals surface area contributed by atoms with Gasteiger partial charge in [-0.25, -0.2) is 9.78 Å². The molecule has 0 amide bonds. The zero-order valence-electron chi connectivity index (χ0n) is 13.1. The minimum absolute atomic E-state index is 0.322. The van der Waals surface area contributed by atoms with Gasteiger partial charge in [0.1, 0.15) is 0 Å². The average Bonchev–Trinajstić information content (AvgIpc) is 2.76. The van der Waals surface area contributed by atoms with Crippen molar-refractivity contribution in [3.05, 3.63) is 10.6 Å². The first-order chi connectivity index (χ1) is 9.49. The van der Waals surface area contributed by atoms with Crippen molar-refractivity contribution in [2.24, 2.45) is 0 Å². The summed E-state index contributed by atoms with van der Waals surface area (Å²) in [6.45, 7) is 9.10. The Morgan fingerprint density at radius 2 is 2.00 bits per heavy atom. The molecule has 0 radical (unpaired) electrons. The van der Waals surface area contributed by atoms with Crippen LogP contribution in [-0.2, 0) is 4.74 Å². The second-order valence-corrected chi connectivity index (χ2v) is 6.04. The summed E-state index contributed by atoms with van der Waals surface area (Å²) in [5.41, 5.74) is 0.456. The van der Waals surface area contributed by atoms with E-state index in [0.29, 0.717) is 12.3 Å². The molecule has 0 aliphatic carbocycles. The van der Waals surface area contributed by atoms with Crippen molar-refractivity contribution in [3.63, 3.8) is 0 Å². The third kappa shape index (κ3) is 4.76. The molecular formula is C14H25N3O2S. The molecule has 0 bridgehead atoms. The van der Waals surface area contributed by atoms with Crippen LogP contribution >= 0.6 is 11.3 Å². The number of nitrogens with zero attached hydrogens (tertiary/aromatic N) is 3. The van der Waals surface area contributed by atoms with Crippen LogP contribution in [0.1, 0.15) is 35.6 Å². The first-order valence-corrected chi connectivity index (χ1v) is 7.85. The fraction of sp³-hybridized carbons (Fsp3) is 0.714. The Labute approximate surface area is 125 Å². The first kappa shape index (κ1) is 16.9. The Morgan fingerprint density at radius 3 is 2.55 bits per heavy atom. The number of hydrogen-bond acceptors (Lipinski definition) is 6. The number of carbonyl (C=O) groups excluding carboxylic acids is 1. The third-order valence-corrected chi connectivity index (χ3v) is 3.97. The normalized spacial score (nSPS) is 10.9. The van der Waals surface area contributed by atoms with Gasteiger partial charge in [0, 0.05) is 18.0 Å². The molecule has 0 aliphatic rings. The van der Waals surface area contributed by atoms with Crippen molar-refractivity contribution in [1.29, 1.82) is 0 Å². The van der Waals surface area contributed by atoms with E-state index in [2.05, 4.69) is 35.8 Å². The van der Waals surface area contributed by atoms with Crippen LogP contribution in [-0.4, -0.2) is 56.2 Å². The summed E-state index contributed by atoms with van der Waals surface area (Å²) in [6, 6.07) is 0. The number of thiazole rings is 1. The average molecular weight is 299 g/mol. The van der Waals surface area contributed by atoms with E-state index in [1.54, 1.807) is 18.3 Å². The van der Waals surface area contributed by atoms with Gasteiger partial charge in [-0.1, -0.05) is 0 Å². The Balaban J connectivity index is 2.73. The Bertz CT molecular complexity index is 432.